The monoisotopic (exact) mass is 265 g/mol. The number of hydrogen-bond donors (Lipinski definition) is 1. The summed E-state index contributed by atoms with van der Waals surface area (Å²) >= 11 is 0. The molecule has 1 aromatic carbocycles. The van der Waals surface area contributed by atoms with Crippen molar-refractivity contribution in [1.82, 2.24) is 9.55 Å². The van der Waals surface area contributed by atoms with Gasteiger partial charge in [-0.15, -0.1) is 0 Å². The topological polar surface area (TPSA) is 46.9 Å². The van der Waals surface area contributed by atoms with E-state index in [1.54, 1.807) is 23.9 Å². The van der Waals surface area contributed by atoms with Gasteiger partial charge in [-0.05, 0) is 17.7 Å². The Labute approximate surface area is 116 Å². The summed E-state index contributed by atoms with van der Waals surface area (Å²) in [5.41, 5.74) is 2.84. The molecule has 0 spiro atoms. The van der Waals surface area contributed by atoms with Crippen LogP contribution in [0, 0.1) is 0 Å². The lowest BCUT2D eigenvalue weighted by molar-refractivity contribution is 0.905. The van der Waals surface area contributed by atoms with Gasteiger partial charge in [-0.3, -0.25) is 9.78 Å². The van der Waals surface area contributed by atoms with Gasteiger partial charge in [-0.25, -0.2) is 0 Å². The first-order valence-electron chi connectivity index (χ1n) is 6.47. The van der Waals surface area contributed by atoms with E-state index in [4.69, 9.17) is 0 Å². The van der Waals surface area contributed by atoms with Gasteiger partial charge in [0, 0.05) is 43.1 Å². The first-order valence-corrected chi connectivity index (χ1v) is 6.47. The molecule has 0 amide bonds. The van der Waals surface area contributed by atoms with Gasteiger partial charge in [-0.1, -0.05) is 24.3 Å². The molecule has 100 valence electrons. The predicted molar refractivity (Wildman–Crippen MR) is 80.8 cm³/mol. The highest BCUT2D eigenvalue weighted by Gasteiger charge is 2.05. The van der Waals surface area contributed by atoms with E-state index in [-0.39, 0.29) is 5.56 Å². The Morgan fingerprint density at radius 2 is 2.05 bits per heavy atom. The van der Waals surface area contributed by atoms with Crippen LogP contribution in [0.2, 0.25) is 0 Å². The minimum Gasteiger partial charge on any atom is -0.380 e. The molecule has 0 unspecified atom stereocenters. The van der Waals surface area contributed by atoms with E-state index < -0.39 is 0 Å². The van der Waals surface area contributed by atoms with Crippen LogP contribution >= 0.6 is 0 Å². The zero-order valence-electron chi connectivity index (χ0n) is 11.2. The van der Waals surface area contributed by atoms with Gasteiger partial charge in [0.05, 0.1) is 5.52 Å². The fourth-order valence-corrected chi connectivity index (χ4v) is 2.26. The Morgan fingerprint density at radius 3 is 2.85 bits per heavy atom. The summed E-state index contributed by atoms with van der Waals surface area (Å²) in [6.07, 6.45) is 3.56. The molecule has 3 aromatic rings. The molecule has 0 bridgehead atoms. The highest BCUT2D eigenvalue weighted by molar-refractivity contribution is 5.91. The number of aromatic nitrogens is 2. The van der Waals surface area contributed by atoms with Crippen LogP contribution in [0.4, 0.5) is 5.69 Å². The Balaban J connectivity index is 2.00. The van der Waals surface area contributed by atoms with Crippen LogP contribution < -0.4 is 10.9 Å². The fraction of sp³-hybridized carbons (Fsp3) is 0.125. The number of para-hydroxylation sites is 1. The third-order valence-corrected chi connectivity index (χ3v) is 3.36. The molecular formula is C16H15N3O. The van der Waals surface area contributed by atoms with Crippen molar-refractivity contribution in [3.63, 3.8) is 0 Å². The molecule has 4 nitrogen and oxygen atoms in total. The average molecular weight is 265 g/mol. The number of nitrogens with zero attached hydrogens (tertiary/aromatic N) is 2. The zero-order valence-corrected chi connectivity index (χ0v) is 11.2. The van der Waals surface area contributed by atoms with Gasteiger partial charge in [0.25, 0.3) is 5.56 Å². The number of aryl methyl sites for hydroxylation is 1. The summed E-state index contributed by atoms with van der Waals surface area (Å²) in [5, 5.41) is 4.36. The van der Waals surface area contributed by atoms with Crippen molar-refractivity contribution in [3.05, 3.63) is 70.8 Å². The molecule has 4 heteroatoms. The first kappa shape index (κ1) is 12.4. The Morgan fingerprint density at radius 1 is 1.20 bits per heavy atom. The van der Waals surface area contributed by atoms with Gasteiger partial charge >= 0.3 is 0 Å². The van der Waals surface area contributed by atoms with E-state index in [1.807, 2.05) is 42.6 Å². The van der Waals surface area contributed by atoms with Crippen LogP contribution in [0.3, 0.4) is 0 Å². The van der Waals surface area contributed by atoms with Crippen molar-refractivity contribution in [2.24, 2.45) is 7.05 Å². The molecule has 2 aromatic heterocycles. The number of pyridine rings is 2. The largest absolute Gasteiger partial charge is 0.380 e. The molecule has 0 atom stereocenters. The molecule has 3 rings (SSSR count). The minimum atomic E-state index is -0.0163. The maximum Gasteiger partial charge on any atom is 0.252 e. The quantitative estimate of drug-likeness (QED) is 0.791. The maximum absolute atomic E-state index is 12.0. The molecule has 0 radical (unpaired) electrons. The molecule has 0 aliphatic carbocycles. The molecule has 0 aliphatic rings. The highest BCUT2D eigenvalue weighted by atomic mass is 16.1. The summed E-state index contributed by atoms with van der Waals surface area (Å²) in [6.45, 7) is 0.644. The van der Waals surface area contributed by atoms with E-state index in [0.717, 1.165) is 22.2 Å². The highest BCUT2D eigenvalue weighted by Crippen LogP contribution is 2.21. The second-order valence-electron chi connectivity index (χ2n) is 4.69. The van der Waals surface area contributed by atoms with Gasteiger partial charge in [0.2, 0.25) is 0 Å². The molecule has 20 heavy (non-hydrogen) atoms. The van der Waals surface area contributed by atoms with Gasteiger partial charge in [0.1, 0.15) is 0 Å². The van der Waals surface area contributed by atoms with Crippen molar-refractivity contribution < 1.29 is 0 Å². The van der Waals surface area contributed by atoms with Crippen molar-refractivity contribution in [3.8, 4) is 0 Å². The Hall–Kier alpha value is -2.62. The zero-order chi connectivity index (χ0) is 13.9. The number of benzene rings is 1. The third-order valence-electron chi connectivity index (χ3n) is 3.36. The van der Waals surface area contributed by atoms with Crippen LogP contribution in [0.15, 0.2) is 59.7 Å². The fourth-order valence-electron chi connectivity index (χ4n) is 2.26. The normalized spacial score (nSPS) is 10.7. The number of fused-ring (bicyclic) bond motifs is 1. The lowest BCUT2D eigenvalue weighted by atomic mass is 10.1. The van der Waals surface area contributed by atoms with Crippen molar-refractivity contribution in [2.75, 3.05) is 5.32 Å². The Kier molecular flexibility index (Phi) is 3.21. The van der Waals surface area contributed by atoms with Crippen molar-refractivity contribution >= 4 is 16.6 Å². The summed E-state index contributed by atoms with van der Waals surface area (Å²) < 4.78 is 1.66. The van der Waals surface area contributed by atoms with Gasteiger partial charge < -0.3 is 9.88 Å². The lowest BCUT2D eigenvalue weighted by Gasteiger charge is -2.12. The molecule has 1 N–H and O–H groups in total. The second kappa shape index (κ2) is 5.17. The number of rotatable bonds is 3. The maximum atomic E-state index is 12.0. The van der Waals surface area contributed by atoms with Crippen LogP contribution in [-0.2, 0) is 13.6 Å². The smallest absolute Gasteiger partial charge is 0.252 e. The molecule has 0 aliphatic heterocycles. The SMILES string of the molecule is Cn1c(=O)cc(NCc2cccnc2)c2ccccc21. The molecule has 0 fully saturated rings. The summed E-state index contributed by atoms with van der Waals surface area (Å²) in [4.78, 5) is 16.1. The number of anilines is 1. The molecule has 0 saturated heterocycles. The third kappa shape index (κ3) is 2.28. The van der Waals surface area contributed by atoms with E-state index in [9.17, 15) is 4.79 Å². The average Bonchev–Trinajstić information content (AvgIpc) is 2.50. The number of hydrogen-bond acceptors (Lipinski definition) is 3. The van der Waals surface area contributed by atoms with E-state index in [2.05, 4.69) is 10.3 Å². The van der Waals surface area contributed by atoms with Crippen molar-refractivity contribution in [2.45, 2.75) is 6.54 Å². The predicted octanol–water partition coefficient (Wildman–Crippen LogP) is 2.55. The van der Waals surface area contributed by atoms with Gasteiger partial charge in [0.15, 0.2) is 0 Å². The minimum absolute atomic E-state index is 0.0163. The summed E-state index contributed by atoms with van der Waals surface area (Å²) in [7, 11) is 1.79. The van der Waals surface area contributed by atoms with Crippen LogP contribution in [0.1, 0.15) is 5.56 Å². The van der Waals surface area contributed by atoms with Crippen LogP contribution in [0.5, 0.6) is 0 Å². The summed E-state index contributed by atoms with van der Waals surface area (Å²) in [6, 6.07) is 13.4. The second-order valence-corrected chi connectivity index (χ2v) is 4.69. The van der Waals surface area contributed by atoms with Crippen LogP contribution in [0.25, 0.3) is 10.9 Å². The van der Waals surface area contributed by atoms with Crippen molar-refractivity contribution in [1.29, 1.82) is 0 Å². The standard InChI is InChI=1S/C16H15N3O/c1-19-15-7-3-2-6-13(15)14(9-16(19)20)18-11-12-5-4-8-17-10-12/h2-10,18H,11H2,1H3. The molecular weight excluding hydrogens is 250 g/mol. The number of nitrogens with one attached hydrogen (secondary N) is 1. The van der Waals surface area contributed by atoms with E-state index in [1.165, 1.54) is 0 Å². The molecule has 2 heterocycles. The first-order chi connectivity index (χ1) is 9.75. The lowest BCUT2D eigenvalue weighted by Crippen LogP contribution is -2.17. The van der Waals surface area contributed by atoms with Gasteiger partial charge in [-0.2, -0.15) is 0 Å². The van der Waals surface area contributed by atoms with E-state index in [0.29, 0.717) is 6.54 Å². The molecule has 0 saturated carbocycles. The Bertz CT molecular complexity index is 794. The summed E-state index contributed by atoms with van der Waals surface area (Å²) in [5.74, 6) is 0. The van der Waals surface area contributed by atoms with Crippen LogP contribution in [-0.4, -0.2) is 9.55 Å². The van der Waals surface area contributed by atoms with E-state index >= 15 is 0 Å².